The maximum atomic E-state index is 13.2. The van der Waals surface area contributed by atoms with Crippen LogP contribution < -0.4 is 17.0 Å². The lowest BCUT2D eigenvalue weighted by molar-refractivity contribution is -0.0745. The van der Waals surface area contributed by atoms with Crippen LogP contribution in [-0.4, -0.2) is 112 Å². The number of aliphatic hydroxyl groups is 2. The highest BCUT2D eigenvalue weighted by atomic mass is 31.2. The number of imidazole rings is 1. The Morgan fingerprint density at radius 2 is 1.68 bits per heavy atom. The van der Waals surface area contributed by atoms with Crippen molar-refractivity contribution in [2.75, 3.05) is 32.2 Å². The smallest absolute Gasteiger partial charge is 0.394 e. The molecule has 242 valence electrons. The molecule has 0 amide bonds. The number of fused-ring (bicyclic) bond motifs is 1. The summed E-state index contributed by atoms with van der Waals surface area (Å²) in [6.45, 7) is 3.88. The molecule has 5 heterocycles. The molecule has 2 saturated heterocycles. The van der Waals surface area contributed by atoms with Gasteiger partial charge < -0.3 is 44.8 Å². The van der Waals surface area contributed by atoms with E-state index in [1.165, 1.54) is 10.9 Å². The molecule has 9 atom stereocenters. The highest BCUT2D eigenvalue weighted by Crippen LogP contribution is 2.50. The molecule has 2 aliphatic rings. The summed E-state index contributed by atoms with van der Waals surface area (Å²) in [5.41, 5.74) is 4.36. The maximum absolute atomic E-state index is 13.2. The number of aliphatic hydroxyl groups excluding tert-OH is 2. The van der Waals surface area contributed by atoms with Gasteiger partial charge in [0.05, 0.1) is 19.5 Å². The largest absolute Gasteiger partial charge is 0.472 e. The van der Waals surface area contributed by atoms with Crippen LogP contribution in [0.5, 0.6) is 0 Å². The third kappa shape index (κ3) is 6.31. The molecule has 5 rings (SSSR count). The Labute approximate surface area is 248 Å². The molecule has 0 radical (unpaired) electrons. The summed E-state index contributed by atoms with van der Waals surface area (Å²) < 4.78 is 49.3. The Morgan fingerprint density at radius 3 is 2.36 bits per heavy atom. The fourth-order valence-corrected chi connectivity index (χ4v) is 6.09. The standard InChI is InChI=1S/C23H33N8O12P/c1-4-38-16-14(33)12(42-20(16)31-9-26-22(24)29-23(31)35)7-40-44(36,37)43-15-11(6-32)41-21(17(15)39-5-2)30-8-25-13-18(30)27-10(3)28-19(13)34/h8-9,11-12,14-17,20-21,32-33H,4-7H2,1-3H3,(H,36,37)(H2,24,29,35)(H,27,28,34)/t11-,12-,14+,15+,16?,17?,20-,21-/m1/s1. The predicted molar refractivity (Wildman–Crippen MR) is 146 cm³/mol. The Bertz CT molecular complexity index is 1630. The molecule has 20 nitrogen and oxygen atoms in total. The number of aromatic amines is 1. The van der Waals surface area contributed by atoms with Crippen molar-refractivity contribution in [2.45, 2.75) is 69.9 Å². The average molecular weight is 645 g/mol. The van der Waals surface area contributed by atoms with Crippen LogP contribution in [-0.2, 0) is 32.6 Å². The second-order valence-corrected chi connectivity index (χ2v) is 11.3. The lowest BCUT2D eigenvalue weighted by atomic mass is 10.1. The molecule has 3 aromatic heterocycles. The number of hydrogen-bond acceptors (Lipinski definition) is 16. The van der Waals surface area contributed by atoms with Gasteiger partial charge in [-0.15, -0.1) is 0 Å². The Hall–Kier alpha value is -3.17. The van der Waals surface area contributed by atoms with E-state index in [2.05, 4.69) is 24.9 Å². The van der Waals surface area contributed by atoms with Crippen LogP contribution in [0.25, 0.3) is 11.2 Å². The summed E-state index contributed by atoms with van der Waals surface area (Å²) in [4.78, 5) is 53.7. The normalized spacial score (nSPS) is 30.2. The SMILES string of the molecule is CCOC1[C@@H](O)[C@@H](COP(=O)(O)O[C@@H]2C(OCC)[C@H](n3cnc4c(=O)[nH]c(C)nc43)O[C@@H]2CO)O[C@H]1n1cnc(N)nc1=O. The first-order valence-corrected chi connectivity index (χ1v) is 15.1. The lowest BCUT2D eigenvalue weighted by Crippen LogP contribution is -2.39. The van der Waals surface area contributed by atoms with Gasteiger partial charge in [0, 0.05) is 13.2 Å². The molecule has 0 aromatic carbocycles. The first-order chi connectivity index (χ1) is 21.0. The van der Waals surface area contributed by atoms with Crippen LogP contribution in [0.15, 0.2) is 22.2 Å². The highest BCUT2D eigenvalue weighted by Gasteiger charge is 2.51. The summed E-state index contributed by atoms with van der Waals surface area (Å²) in [5, 5.41) is 20.9. The number of aromatic nitrogens is 7. The summed E-state index contributed by atoms with van der Waals surface area (Å²) in [6, 6.07) is 0. The number of phosphoric acid groups is 1. The minimum atomic E-state index is -4.95. The van der Waals surface area contributed by atoms with E-state index < -0.39 is 81.4 Å². The van der Waals surface area contributed by atoms with Gasteiger partial charge >= 0.3 is 13.5 Å². The molecule has 3 unspecified atom stereocenters. The fourth-order valence-electron chi connectivity index (χ4n) is 5.13. The molecule has 0 spiro atoms. The summed E-state index contributed by atoms with van der Waals surface area (Å²) in [5.74, 6) is 0.0517. The van der Waals surface area contributed by atoms with E-state index in [4.69, 9.17) is 33.7 Å². The number of anilines is 1. The molecule has 6 N–H and O–H groups in total. The van der Waals surface area contributed by atoms with Crippen molar-refractivity contribution in [2.24, 2.45) is 0 Å². The van der Waals surface area contributed by atoms with Crippen molar-refractivity contribution >= 4 is 24.9 Å². The summed E-state index contributed by atoms with van der Waals surface area (Å²) >= 11 is 0. The summed E-state index contributed by atoms with van der Waals surface area (Å²) in [6.07, 6.45) is -7.23. The van der Waals surface area contributed by atoms with Gasteiger partial charge in [-0.25, -0.2) is 24.3 Å². The first kappa shape index (κ1) is 32.2. The number of nitrogens with one attached hydrogen (secondary N) is 1. The van der Waals surface area contributed by atoms with Crippen LogP contribution in [0.2, 0.25) is 0 Å². The number of ether oxygens (including phenoxy) is 4. The molecule has 21 heteroatoms. The van der Waals surface area contributed by atoms with Crippen molar-refractivity contribution in [1.82, 2.24) is 34.1 Å². The van der Waals surface area contributed by atoms with Crippen molar-refractivity contribution in [3.8, 4) is 0 Å². The number of phosphoric ester groups is 1. The van der Waals surface area contributed by atoms with Crippen molar-refractivity contribution in [3.63, 3.8) is 0 Å². The van der Waals surface area contributed by atoms with Crippen LogP contribution in [0, 0.1) is 6.92 Å². The zero-order valence-electron chi connectivity index (χ0n) is 23.8. The molecule has 0 bridgehead atoms. The molecule has 2 aliphatic heterocycles. The minimum absolute atomic E-state index is 0.0297. The van der Waals surface area contributed by atoms with E-state index in [9.17, 15) is 29.3 Å². The third-order valence-corrected chi connectivity index (χ3v) is 7.98. The van der Waals surface area contributed by atoms with Crippen LogP contribution in [0.3, 0.4) is 0 Å². The molecule has 3 aromatic rings. The highest BCUT2D eigenvalue weighted by molar-refractivity contribution is 7.47. The van der Waals surface area contributed by atoms with Crippen molar-refractivity contribution in [3.05, 3.63) is 39.3 Å². The van der Waals surface area contributed by atoms with Crippen molar-refractivity contribution < 1.29 is 47.7 Å². The molecular weight excluding hydrogens is 611 g/mol. The number of nitrogens with zero attached hydrogens (tertiary/aromatic N) is 6. The quantitative estimate of drug-likeness (QED) is 0.135. The average Bonchev–Trinajstić information content (AvgIpc) is 3.62. The third-order valence-electron chi connectivity index (χ3n) is 7.00. The van der Waals surface area contributed by atoms with E-state index in [0.717, 1.165) is 10.9 Å². The van der Waals surface area contributed by atoms with Gasteiger partial charge in [-0.3, -0.25) is 23.0 Å². The van der Waals surface area contributed by atoms with E-state index in [1.54, 1.807) is 20.8 Å². The monoisotopic (exact) mass is 644 g/mol. The van der Waals surface area contributed by atoms with Crippen molar-refractivity contribution in [1.29, 1.82) is 0 Å². The zero-order chi connectivity index (χ0) is 31.8. The van der Waals surface area contributed by atoms with E-state index in [1.807, 2.05) is 0 Å². The number of rotatable bonds is 12. The topological polar surface area (TPSA) is 271 Å². The van der Waals surface area contributed by atoms with Crippen LogP contribution >= 0.6 is 7.82 Å². The molecule has 2 fully saturated rings. The number of aryl methyl sites for hydroxylation is 1. The number of nitrogen functional groups attached to an aromatic ring is 1. The van der Waals surface area contributed by atoms with Gasteiger partial charge in [-0.1, -0.05) is 0 Å². The Balaban J connectivity index is 1.33. The Kier molecular flexibility index (Phi) is 9.56. The Morgan fingerprint density at radius 1 is 1.02 bits per heavy atom. The number of hydrogen-bond donors (Lipinski definition) is 5. The van der Waals surface area contributed by atoms with Gasteiger partial charge in [0.15, 0.2) is 23.6 Å². The zero-order valence-corrected chi connectivity index (χ0v) is 24.7. The number of H-pyrrole nitrogens is 1. The molecular formula is C23H33N8O12P. The van der Waals surface area contributed by atoms with Gasteiger partial charge in [0.2, 0.25) is 5.95 Å². The van der Waals surface area contributed by atoms with Gasteiger partial charge in [0.25, 0.3) is 5.56 Å². The predicted octanol–water partition coefficient (Wildman–Crippen LogP) is -1.88. The van der Waals surface area contributed by atoms with E-state index in [-0.39, 0.29) is 30.3 Å². The first-order valence-electron chi connectivity index (χ1n) is 13.6. The van der Waals surface area contributed by atoms with Gasteiger partial charge in [0.1, 0.15) is 48.8 Å². The van der Waals surface area contributed by atoms with E-state index in [0.29, 0.717) is 5.82 Å². The van der Waals surface area contributed by atoms with Gasteiger partial charge in [-0.2, -0.15) is 4.98 Å². The number of nitrogens with two attached hydrogens (primary N) is 1. The summed E-state index contributed by atoms with van der Waals surface area (Å²) in [7, 11) is -4.95. The second kappa shape index (κ2) is 13.1. The fraction of sp³-hybridized carbons (Fsp3) is 0.652. The van der Waals surface area contributed by atoms with E-state index >= 15 is 0 Å². The van der Waals surface area contributed by atoms with Gasteiger partial charge in [-0.05, 0) is 20.8 Å². The molecule has 44 heavy (non-hydrogen) atoms. The maximum Gasteiger partial charge on any atom is 0.472 e. The van der Waals surface area contributed by atoms with Crippen LogP contribution in [0.1, 0.15) is 32.1 Å². The molecule has 0 saturated carbocycles. The molecule has 0 aliphatic carbocycles. The van der Waals surface area contributed by atoms with Crippen LogP contribution in [0.4, 0.5) is 5.95 Å². The minimum Gasteiger partial charge on any atom is -0.394 e. The lowest BCUT2D eigenvalue weighted by Gasteiger charge is -2.26. The second-order valence-electron chi connectivity index (χ2n) is 9.86.